The highest BCUT2D eigenvalue weighted by atomic mass is 35.5. The molecule has 0 heterocycles. The first-order chi connectivity index (χ1) is 8.20. The maximum atomic E-state index is 8.99. The van der Waals surface area contributed by atoms with Gasteiger partial charge in [-0.05, 0) is 30.3 Å². The van der Waals surface area contributed by atoms with Crippen LogP contribution < -0.4 is 5.32 Å². The van der Waals surface area contributed by atoms with Gasteiger partial charge in [-0.2, -0.15) is 5.26 Å². The Hall–Kier alpha value is -1.69. The summed E-state index contributed by atoms with van der Waals surface area (Å²) < 4.78 is 0. The van der Waals surface area contributed by atoms with E-state index in [1.165, 1.54) is 0 Å². The van der Waals surface area contributed by atoms with Gasteiger partial charge in [0.1, 0.15) is 6.07 Å². The molecule has 2 rings (SSSR count). The van der Waals surface area contributed by atoms with Crippen molar-refractivity contribution in [2.24, 2.45) is 0 Å². The molecule has 0 atom stereocenters. The van der Waals surface area contributed by atoms with Gasteiger partial charge in [-0.1, -0.05) is 35.3 Å². The Bertz CT molecular complexity index is 588. The van der Waals surface area contributed by atoms with Gasteiger partial charge in [0.15, 0.2) is 0 Å². The van der Waals surface area contributed by atoms with E-state index in [1.807, 2.05) is 18.2 Å². The molecule has 17 heavy (non-hydrogen) atoms. The lowest BCUT2D eigenvalue weighted by Crippen LogP contribution is -1.94. The lowest BCUT2D eigenvalue weighted by molar-refractivity contribution is 1.46. The van der Waals surface area contributed by atoms with Crippen molar-refractivity contribution in [1.29, 1.82) is 5.26 Å². The number of para-hydroxylation sites is 1. The minimum atomic E-state index is 0.523. The van der Waals surface area contributed by atoms with E-state index in [0.717, 1.165) is 5.69 Å². The minimum absolute atomic E-state index is 0.523. The molecule has 4 heteroatoms. The lowest BCUT2D eigenvalue weighted by Gasteiger charge is -2.09. The predicted octanol–water partition coefficient (Wildman–Crippen LogP) is 4.61. The lowest BCUT2D eigenvalue weighted by atomic mass is 10.2. The van der Waals surface area contributed by atoms with Crippen LogP contribution in [0, 0.1) is 11.3 Å². The standard InChI is InChI=1S/C13H8Cl2N2/c14-10-6-5-9(8-16)13(7-10)17-12-4-2-1-3-11(12)15/h1-7,17H. The Morgan fingerprint density at radius 1 is 1.00 bits per heavy atom. The van der Waals surface area contributed by atoms with Crippen LogP contribution in [-0.4, -0.2) is 0 Å². The van der Waals surface area contributed by atoms with Crippen molar-refractivity contribution >= 4 is 34.6 Å². The molecule has 0 amide bonds. The van der Waals surface area contributed by atoms with Crippen molar-refractivity contribution in [3.8, 4) is 6.07 Å². The highest BCUT2D eigenvalue weighted by Crippen LogP contribution is 2.28. The Balaban J connectivity index is 2.40. The Morgan fingerprint density at radius 2 is 1.76 bits per heavy atom. The topological polar surface area (TPSA) is 35.8 Å². The summed E-state index contributed by atoms with van der Waals surface area (Å²) in [7, 11) is 0. The highest BCUT2D eigenvalue weighted by Gasteiger charge is 2.05. The van der Waals surface area contributed by atoms with Crippen molar-refractivity contribution in [1.82, 2.24) is 0 Å². The highest BCUT2D eigenvalue weighted by molar-refractivity contribution is 6.33. The molecule has 2 nitrogen and oxygen atoms in total. The van der Waals surface area contributed by atoms with E-state index in [4.69, 9.17) is 28.5 Å². The summed E-state index contributed by atoms with van der Waals surface area (Å²) in [4.78, 5) is 0. The quantitative estimate of drug-likeness (QED) is 0.858. The van der Waals surface area contributed by atoms with E-state index >= 15 is 0 Å². The maximum Gasteiger partial charge on any atom is 0.101 e. The van der Waals surface area contributed by atoms with Gasteiger partial charge in [0.2, 0.25) is 0 Å². The average molecular weight is 263 g/mol. The molecule has 2 aromatic rings. The van der Waals surface area contributed by atoms with Gasteiger partial charge in [-0.15, -0.1) is 0 Å². The molecule has 84 valence electrons. The number of anilines is 2. The third kappa shape index (κ3) is 2.71. The van der Waals surface area contributed by atoms with Crippen LogP contribution >= 0.6 is 23.2 Å². The number of hydrogen-bond donors (Lipinski definition) is 1. The van der Waals surface area contributed by atoms with Gasteiger partial charge in [-0.3, -0.25) is 0 Å². The normalized spacial score (nSPS) is 9.71. The summed E-state index contributed by atoms with van der Waals surface area (Å²) in [6.45, 7) is 0. The molecule has 0 radical (unpaired) electrons. The smallest absolute Gasteiger partial charge is 0.101 e. The number of halogens is 2. The van der Waals surface area contributed by atoms with Crippen molar-refractivity contribution < 1.29 is 0 Å². The number of benzene rings is 2. The van der Waals surface area contributed by atoms with Gasteiger partial charge < -0.3 is 5.32 Å². The molecule has 0 aliphatic carbocycles. The largest absolute Gasteiger partial charge is 0.353 e. The fraction of sp³-hybridized carbons (Fsp3) is 0. The zero-order valence-electron chi connectivity index (χ0n) is 8.74. The zero-order chi connectivity index (χ0) is 12.3. The first-order valence-electron chi connectivity index (χ1n) is 4.92. The van der Waals surface area contributed by atoms with Crippen molar-refractivity contribution in [3.05, 3.63) is 58.1 Å². The molecule has 0 aromatic heterocycles. The summed E-state index contributed by atoms with van der Waals surface area (Å²) in [5, 5.41) is 13.2. The minimum Gasteiger partial charge on any atom is -0.353 e. The van der Waals surface area contributed by atoms with Gasteiger partial charge in [0.05, 0.1) is 22.0 Å². The molecule has 0 fully saturated rings. The van der Waals surface area contributed by atoms with Gasteiger partial charge in [0, 0.05) is 5.02 Å². The number of rotatable bonds is 2. The third-order valence-electron chi connectivity index (χ3n) is 2.25. The third-order valence-corrected chi connectivity index (χ3v) is 2.81. The summed E-state index contributed by atoms with van der Waals surface area (Å²) >= 11 is 11.9. The molecule has 0 unspecified atom stereocenters. The van der Waals surface area contributed by atoms with Crippen LogP contribution in [0.15, 0.2) is 42.5 Å². The van der Waals surface area contributed by atoms with Crippen molar-refractivity contribution in [3.63, 3.8) is 0 Å². The first-order valence-corrected chi connectivity index (χ1v) is 5.67. The molecule has 0 saturated heterocycles. The number of nitriles is 1. The fourth-order valence-electron chi connectivity index (χ4n) is 1.43. The Morgan fingerprint density at radius 3 is 2.47 bits per heavy atom. The summed E-state index contributed by atoms with van der Waals surface area (Å²) in [6, 6.07) is 14.5. The van der Waals surface area contributed by atoms with E-state index in [0.29, 0.717) is 21.3 Å². The maximum absolute atomic E-state index is 8.99. The molecule has 0 spiro atoms. The van der Waals surface area contributed by atoms with Crippen LogP contribution in [-0.2, 0) is 0 Å². The van der Waals surface area contributed by atoms with E-state index in [9.17, 15) is 0 Å². The van der Waals surface area contributed by atoms with Gasteiger partial charge in [-0.25, -0.2) is 0 Å². The molecule has 0 aliphatic heterocycles. The Kier molecular flexibility index (Phi) is 3.53. The van der Waals surface area contributed by atoms with E-state index in [-0.39, 0.29) is 0 Å². The second-order valence-corrected chi connectivity index (χ2v) is 4.25. The van der Waals surface area contributed by atoms with Crippen molar-refractivity contribution in [2.75, 3.05) is 5.32 Å². The van der Waals surface area contributed by atoms with E-state index in [2.05, 4.69) is 11.4 Å². The number of nitrogens with zero attached hydrogens (tertiary/aromatic N) is 1. The molecule has 0 bridgehead atoms. The zero-order valence-corrected chi connectivity index (χ0v) is 10.3. The molecule has 1 N–H and O–H groups in total. The molecule has 0 aliphatic rings. The average Bonchev–Trinajstić information content (AvgIpc) is 2.32. The molecular weight excluding hydrogens is 255 g/mol. The van der Waals surface area contributed by atoms with E-state index < -0.39 is 0 Å². The predicted molar refractivity (Wildman–Crippen MR) is 70.9 cm³/mol. The summed E-state index contributed by atoms with van der Waals surface area (Å²) in [6.07, 6.45) is 0. The fourth-order valence-corrected chi connectivity index (χ4v) is 1.78. The van der Waals surface area contributed by atoms with Crippen molar-refractivity contribution in [2.45, 2.75) is 0 Å². The summed E-state index contributed by atoms with van der Waals surface area (Å²) in [5.41, 5.74) is 1.91. The monoisotopic (exact) mass is 262 g/mol. The number of nitrogens with one attached hydrogen (secondary N) is 1. The van der Waals surface area contributed by atoms with Crippen LogP contribution in [0.4, 0.5) is 11.4 Å². The molecular formula is C13H8Cl2N2. The van der Waals surface area contributed by atoms with E-state index in [1.54, 1.807) is 24.3 Å². The second kappa shape index (κ2) is 5.09. The van der Waals surface area contributed by atoms with Gasteiger partial charge >= 0.3 is 0 Å². The van der Waals surface area contributed by atoms with Crippen LogP contribution in [0.2, 0.25) is 10.0 Å². The molecule has 0 saturated carbocycles. The van der Waals surface area contributed by atoms with Crippen LogP contribution in [0.5, 0.6) is 0 Å². The van der Waals surface area contributed by atoms with Gasteiger partial charge in [0.25, 0.3) is 0 Å². The second-order valence-electron chi connectivity index (χ2n) is 3.41. The van der Waals surface area contributed by atoms with Crippen LogP contribution in [0.3, 0.4) is 0 Å². The Labute approximate surface area is 109 Å². The molecule has 2 aromatic carbocycles. The number of hydrogen-bond acceptors (Lipinski definition) is 2. The SMILES string of the molecule is N#Cc1ccc(Cl)cc1Nc1ccccc1Cl. The van der Waals surface area contributed by atoms with Crippen LogP contribution in [0.25, 0.3) is 0 Å². The summed E-state index contributed by atoms with van der Waals surface area (Å²) in [5.74, 6) is 0. The van der Waals surface area contributed by atoms with Crippen LogP contribution in [0.1, 0.15) is 5.56 Å². The first kappa shape index (κ1) is 11.8.